The minimum Gasteiger partial charge on any atom is -0.478 e. The molecule has 1 heterocycles. The number of nitrogens with zero attached hydrogens (tertiary/aromatic N) is 1. The standard InChI is InChI=1S/C14H17NO3/c16-13(17)11-7-18-15-12(11)14-4-8-1-9(5-14)3-10(2-8)6-14/h7-10H,1-6H2,(H,16,17). The van der Waals surface area contributed by atoms with E-state index in [1.807, 2.05) is 0 Å². The summed E-state index contributed by atoms with van der Waals surface area (Å²) in [4.78, 5) is 11.3. The first-order valence-electron chi connectivity index (χ1n) is 6.84. The van der Waals surface area contributed by atoms with E-state index in [1.165, 1.54) is 25.5 Å². The van der Waals surface area contributed by atoms with Crippen molar-refractivity contribution in [3.05, 3.63) is 17.5 Å². The van der Waals surface area contributed by atoms with Crippen molar-refractivity contribution in [3.8, 4) is 0 Å². The van der Waals surface area contributed by atoms with Gasteiger partial charge in [-0.1, -0.05) is 5.16 Å². The van der Waals surface area contributed by atoms with Crippen molar-refractivity contribution in [1.82, 2.24) is 5.16 Å². The molecule has 0 radical (unpaired) electrons. The Hall–Kier alpha value is -1.32. The van der Waals surface area contributed by atoms with Gasteiger partial charge in [0.15, 0.2) is 0 Å². The number of hydrogen-bond acceptors (Lipinski definition) is 3. The summed E-state index contributed by atoms with van der Waals surface area (Å²) in [5, 5.41) is 13.3. The van der Waals surface area contributed by atoms with E-state index >= 15 is 0 Å². The van der Waals surface area contributed by atoms with Crippen LogP contribution in [-0.2, 0) is 5.41 Å². The summed E-state index contributed by atoms with van der Waals surface area (Å²) in [6.45, 7) is 0. The van der Waals surface area contributed by atoms with Crippen LogP contribution >= 0.6 is 0 Å². The molecule has 1 aromatic rings. The van der Waals surface area contributed by atoms with Crippen LogP contribution < -0.4 is 0 Å². The quantitative estimate of drug-likeness (QED) is 0.872. The Morgan fingerprint density at radius 2 is 1.78 bits per heavy atom. The van der Waals surface area contributed by atoms with Crippen LogP contribution in [-0.4, -0.2) is 16.2 Å². The molecule has 0 spiro atoms. The van der Waals surface area contributed by atoms with Crippen molar-refractivity contribution in [1.29, 1.82) is 0 Å². The highest BCUT2D eigenvalue weighted by Gasteiger charge is 2.54. The molecular weight excluding hydrogens is 230 g/mol. The van der Waals surface area contributed by atoms with Gasteiger partial charge in [-0.3, -0.25) is 0 Å². The Kier molecular flexibility index (Phi) is 1.98. The SMILES string of the molecule is O=C(O)c1conc1C12CC3CC(CC(C3)C1)C2. The molecule has 1 aromatic heterocycles. The van der Waals surface area contributed by atoms with Crippen LogP contribution in [0.3, 0.4) is 0 Å². The van der Waals surface area contributed by atoms with Gasteiger partial charge in [0, 0.05) is 5.41 Å². The molecule has 4 aliphatic rings. The van der Waals surface area contributed by atoms with Gasteiger partial charge in [-0.15, -0.1) is 0 Å². The third-order valence-corrected chi connectivity index (χ3v) is 5.34. The van der Waals surface area contributed by atoms with Crippen LogP contribution in [0.1, 0.15) is 54.6 Å². The van der Waals surface area contributed by atoms with E-state index in [0.29, 0.717) is 0 Å². The summed E-state index contributed by atoms with van der Waals surface area (Å²) in [5.41, 5.74) is 1.03. The van der Waals surface area contributed by atoms with Gasteiger partial charge >= 0.3 is 5.97 Å². The lowest BCUT2D eigenvalue weighted by atomic mass is 9.48. The number of carboxylic acids is 1. The second-order valence-corrected chi connectivity index (χ2v) is 6.58. The lowest BCUT2D eigenvalue weighted by Crippen LogP contribution is -2.49. The van der Waals surface area contributed by atoms with Crippen molar-refractivity contribution in [2.24, 2.45) is 17.8 Å². The summed E-state index contributed by atoms with van der Waals surface area (Å²) < 4.78 is 4.97. The maximum atomic E-state index is 11.3. The van der Waals surface area contributed by atoms with Crippen molar-refractivity contribution < 1.29 is 14.4 Å². The number of carboxylic acid groups (broad SMARTS) is 1. The first-order chi connectivity index (χ1) is 8.66. The summed E-state index contributed by atoms with van der Waals surface area (Å²) in [6.07, 6.45) is 8.69. The molecule has 1 N–H and O–H groups in total. The van der Waals surface area contributed by atoms with Crippen molar-refractivity contribution in [2.75, 3.05) is 0 Å². The third kappa shape index (κ3) is 1.32. The van der Waals surface area contributed by atoms with E-state index in [0.717, 1.165) is 42.7 Å². The predicted molar refractivity (Wildman–Crippen MR) is 63.3 cm³/mol. The van der Waals surface area contributed by atoms with Crippen LogP contribution in [0.5, 0.6) is 0 Å². The fourth-order valence-corrected chi connectivity index (χ4v) is 5.17. The van der Waals surface area contributed by atoms with E-state index < -0.39 is 5.97 Å². The molecule has 4 saturated carbocycles. The van der Waals surface area contributed by atoms with Crippen molar-refractivity contribution in [3.63, 3.8) is 0 Å². The average molecular weight is 247 g/mol. The number of aromatic nitrogens is 1. The number of carbonyl (C=O) groups is 1. The largest absolute Gasteiger partial charge is 0.478 e. The molecule has 96 valence electrons. The molecule has 0 aliphatic heterocycles. The second-order valence-electron chi connectivity index (χ2n) is 6.58. The highest BCUT2D eigenvalue weighted by atomic mass is 16.5. The van der Waals surface area contributed by atoms with Crippen LogP contribution in [0.4, 0.5) is 0 Å². The Bertz CT molecular complexity index is 470. The van der Waals surface area contributed by atoms with E-state index in [2.05, 4.69) is 5.16 Å². The van der Waals surface area contributed by atoms with Gasteiger partial charge in [0.25, 0.3) is 0 Å². The Morgan fingerprint density at radius 3 is 2.28 bits per heavy atom. The van der Waals surface area contributed by atoms with E-state index in [1.54, 1.807) is 0 Å². The lowest BCUT2D eigenvalue weighted by molar-refractivity contribution is -0.00901. The van der Waals surface area contributed by atoms with Gasteiger partial charge in [-0.25, -0.2) is 4.79 Å². The third-order valence-electron chi connectivity index (χ3n) is 5.34. The molecule has 4 heteroatoms. The fourth-order valence-electron chi connectivity index (χ4n) is 5.17. The van der Waals surface area contributed by atoms with Gasteiger partial charge < -0.3 is 9.63 Å². The van der Waals surface area contributed by atoms with Gasteiger partial charge in [-0.2, -0.15) is 0 Å². The topological polar surface area (TPSA) is 63.3 Å². The number of hydrogen-bond donors (Lipinski definition) is 1. The Labute approximate surface area is 105 Å². The zero-order valence-corrected chi connectivity index (χ0v) is 10.3. The minimum atomic E-state index is -0.901. The summed E-state index contributed by atoms with van der Waals surface area (Å²) in [7, 11) is 0. The fraction of sp³-hybridized carbons (Fsp3) is 0.714. The molecule has 0 atom stereocenters. The molecule has 0 aromatic carbocycles. The van der Waals surface area contributed by atoms with E-state index in [-0.39, 0.29) is 11.0 Å². The Balaban J connectivity index is 1.79. The van der Waals surface area contributed by atoms with Crippen molar-refractivity contribution in [2.45, 2.75) is 43.9 Å². The molecule has 4 bridgehead atoms. The van der Waals surface area contributed by atoms with Crippen LogP contribution in [0.15, 0.2) is 10.8 Å². The maximum absolute atomic E-state index is 11.3. The van der Waals surface area contributed by atoms with Gasteiger partial charge in [-0.05, 0) is 56.3 Å². The van der Waals surface area contributed by atoms with Gasteiger partial charge in [0.2, 0.25) is 0 Å². The highest BCUT2D eigenvalue weighted by molar-refractivity contribution is 5.88. The molecule has 4 aliphatic carbocycles. The first kappa shape index (κ1) is 10.6. The summed E-state index contributed by atoms with van der Waals surface area (Å²) in [5.74, 6) is 1.46. The molecule has 5 rings (SSSR count). The summed E-state index contributed by atoms with van der Waals surface area (Å²) in [6, 6.07) is 0. The Morgan fingerprint density at radius 1 is 1.22 bits per heavy atom. The molecule has 4 nitrogen and oxygen atoms in total. The normalized spacial score (nSPS) is 41.2. The van der Waals surface area contributed by atoms with Crippen LogP contribution in [0, 0.1) is 17.8 Å². The molecular formula is C14H17NO3. The zero-order valence-electron chi connectivity index (χ0n) is 10.3. The predicted octanol–water partition coefficient (Wildman–Crippen LogP) is 2.84. The average Bonchev–Trinajstić information content (AvgIpc) is 2.76. The molecule has 18 heavy (non-hydrogen) atoms. The first-order valence-corrected chi connectivity index (χ1v) is 6.84. The molecule has 0 amide bonds. The minimum absolute atomic E-state index is 0.00940. The number of rotatable bonds is 2. The highest BCUT2D eigenvalue weighted by Crippen LogP contribution is 2.60. The molecule has 0 unspecified atom stereocenters. The smallest absolute Gasteiger partial charge is 0.340 e. The van der Waals surface area contributed by atoms with Gasteiger partial charge in [0.05, 0.1) is 0 Å². The second kappa shape index (κ2) is 3.37. The molecule has 0 saturated heterocycles. The van der Waals surface area contributed by atoms with Crippen LogP contribution in [0.25, 0.3) is 0 Å². The lowest BCUT2D eigenvalue weighted by Gasteiger charge is -2.56. The number of aromatic carboxylic acids is 1. The van der Waals surface area contributed by atoms with Crippen molar-refractivity contribution >= 4 is 5.97 Å². The van der Waals surface area contributed by atoms with Gasteiger partial charge in [0.1, 0.15) is 17.5 Å². The monoisotopic (exact) mass is 247 g/mol. The van der Waals surface area contributed by atoms with E-state index in [9.17, 15) is 9.90 Å². The van der Waals surface area contributed by atoms with Crippen LogP contribution in [0.2, 0.25) is 0 Å². The van der Waals surface area contributed by atoms with E-state index in [4.69, 9.17) is 4.52 Å². The summed E-state index contributed by atoms with van der Waals surface area (Å²) >= 11 is 0. The zero-order chi connectivity index (χ0) is 12.3. The molecule has 4 fully saturated rings. The maximum Gasteiger partial charge on any atom is 0.340 e.